The summed E-state index contributed by atoms with van der Waals surface area (Å²) in [5.41, 5.74) is 7.99. The van der Waals surface area contributed by atoms with E-state index in [4.69, 9.17) is 11.0 Å². The van der Waals surface area contributed by atoms with Gasteiger partial charge in [0.15, 0.2) is 0 Å². The molecule has 0 spiro atoms. The van der Waals surface area contributed by atoms with E-state index < -0.39 is 0 Å². The Bertz CT molecular complexity index is 514. The maximum absolute atomic E-state index is 8.77. The minimum Gasteiger partial charge on any atom is -0.384 e. The fourth-order valence-electron chi connectivity index (χ4n) is 1.37. The van der Waals surface area contributed by atoms with Crippen LogP contribution in [0.5, 0.6) is 0 Å². The van der Waals surface area contributed by atoms with Crippen molar-refractivity contribution in [2.45, 2.75) is 0 Å². The molecule has 0 aliphatic carbocycles. The first-order valence-corrected chi connectivity index (χ1v) is 4.51. The quantitative estimate of drug-likeness (QED) is 0.755. The standard InChI is InChI=1S/C11H10N4/c1-15-11(13)6-10(14-15)9-4-2-3-8(5-9)7-12/h2-6H,13H2,1H3. The normalized spacial score (nSPS) is 9.87. The molecule has 0 radical (unpaired) electrons. The second-order valence-corrected chi connectivity index (χ2v) is 3.27. The first-order chi connectivity index (χ1) is 7.20. The van der Waals surface area contributed by atoms with E-state index >= 15 is 0 Å². The van der Waals surface area contributed by atoms with Crippen molar-refractivity contribution >= 4 is 5.82 Å². The molecule has 0 saturated carbocycles. The second-order valence-electron chi connectivity index (χ2n) is 3.27. The Morgan fingerprint density at radius 1 is 1.40 bits per heavy atom. The van der Waals surface area contributed by atoms with Crippen LogP contribution in [-0.2, 0) is 7.05 Å². The van der Waals surface area contributed by atoms with Gasteiger partial charge < -0.3 is 5.73 Å². The van der Waals surface area contributed by atoms with Gasteiger partial charge in [-0.15, -0.1) is 0 Å². The van der Waals surface area contributed by atoms with Gasteiger partial charge in [-0.05, 0) is 12.1 Å². The van der Waals surface area contributed by atoms with Gasteiger partial charge in [-0.25, -0.2) is 0 Å². The van der Waals surface area contributed by atoms with Crippen molar-refractivity contribution in [2.75, 3.05) is 5.73 Å². The third-order valence-corrected chi connectivity index (χ3v) is 2.20. The van der Waals surface area contributed by atoms with Gasteiger partial charge in [-0.2, -0.15) is 10.4 Å². The van der Waals surface area contributed by atoms with E-state index in [0.29, 0.717) is 11.4 Å². The second kappa shape index (κ2) is 3.46. The molecule has 2 aromatic rings. The fraction of sp³-hybridized carbons (Fsp3) is 0.0909. The lowest BCUT2D eigenvalue weighted by atomic mass is 10.1. The number of hydrogen-bond donors (Lipinski definition) is 1. The Kier molecular flexibility index (Phi) is 2.14. The zero-order valence-corrected chi connectivity index (χ0v) is 8.31. The monoisotopic (exact) mass is 198 g/mol. The summed E-state index contributed by atoms with van der Waals surface area (Å²) in [6, 6.07) is 11.2. The molecule has 4 nitrogen and oxygen atoms in total. The topological polar surface area (TPSA) is 67.6 Å². The van der Waals surface area contributed by atoms with Gasteiger partial charge in [0.25, 0.3) is 0 Å². The molecule has 0 atom stereocenters. The molecule has 2 N–H and O–H groups in total. The predicted molar refractivity (Wildman–Crippen MR) is 57.8 cm³/mol. The predicted octanol–water partition coefficient (Wildman–Crippen LogP) is 1.54. The zero-order chi connectivity index (χ0) is 10.8. The highest BCUT2D eigenvalue weighted by atomic mass is 15.3. The summed E-state index contributed by atoms with van der Waals surface area (Å²) in [4.78, 5) is 0. The number of nitrogens with zero attached hydrogens (tertiary/aromatic N) is 3. The summed E-state index contributed by atoms with van der Waals surface area (Å²) < 4.78 is 1.61. The molecule has 0 aliphatic heterocycles. The van der Waals surface area contributed by atoms with Crippen LogP contribution in [0.1, 0.15) is 5.56 Å². The molecule has 2 rings (SSSR count). The summed E-state index contributed by atoms with van der Waals surface area (Å²) in [6.45, 7) is 0. The first kappa shape index (κ1) is 9.28. The lowest BCUT2D eigenvalue weighted by Crippen LogP contribution is -1.96. The van der Waals surface area contributed by atoms with E-state index in [9.17, 15) is 0 Å². The number of benzene rings is 1. The van der Waals surface area contributed by atoms with Gasteiger partial charge >= 0.3 is 0 Å². The van der Waals surface area contributed by atoms with Crippen molar-refractivity contribution in [1.82, 2.24) is 9.78 Å². The Morgan fingerprint density at radius 3 is 2.80 bits per heavy atom. The van der Waals surface area contributed by atoms with Gasteiger partial charge in [0, 0.05) is 18.7 Å². The summed E-state index contributed by atoms with van der Waals surface area (Å²) in [7, 11) is 1.78. The number of aromatic nitrogens is 2. The average molecular weight is 198 g/mol. The molecule has 0 fully saturated rings. The molecular weight excluding hydrogens is 188 g/mol. The fourth-order valence-corrected chi connectivity index (χ4v) is 1.37. The Hall–Kier alpha value is -2.28. The van der Waals surface area contributed by atoms with Crippen molar-refractivity contribution in [1.29, 1.82) is 5.26 Å². The summed E-state index contributed by atoms with van der Waals surface area (Å²) in [5.74, 6) is 0.604. The number of nitriles is 1. The average Bonchev–Trinajstić information content (AvgIpc) is 2.59. The van der Waals surface area contributed by atoms with Crippen molar-refractivity contribution < 1.29 is 0 Å². The number of aryl methyl sites for hydroxylation is 1. The molecule has 1 aromatic heterocycles. The minimum absolute atomic E-state index is 0.604. The van der Waals surface area contributed by atoms with Gasteiger partial charge in [-0.1, -0.05) is 12.1 Å². The van der Waals surface area contributed by atoms with Crippen molar-refractivity contribution in [2.24, 2.45) is 7.05 Å². The van der Waals surface area contributed by atoms with Crippen molar-refractivity contribution in [3.8, 4) is 17.3 Å². The van der Waals surface area contributed by atoms with Crippen LogP contribution in [0.25, 0.3) is 11.3 Å². The van der Waals surface area contributed by atoms with Crippen molar-refractivity contribution in [3.05, 3.63) is 35.9 Å². The summed E-state index contributed by atoms with van der Waals surface area (Å²) in [6.07, 6.45) is 0. The Morgan fingerprint density at radius 2 is 2.20 bits per heavy atom. The zero-order valence-electron chi connectivity index (χ0n) is 8.31. The third kappa shape index (κ3) is 1.67. The molecule has 0 amide bonds. The smallest absolute Gasteiger partial charge is 0.121 e. The van der Waals surface area contributed by atoms with Gasteiger partial charge in [0.2, 0.25) is 0 Å². The van der Waals surface area contributed by atoms with Crippen LogP contribution in [0.4, 0.5) is 5.82 Å². The van der Waals surface area contributed by atoms with E-state index in [1.807, 2.05) is 12.1 Å². The Labute approximate surface area is 87.6 Å². The molecule has 1 heterocycles. The minimum atomic E-state index is 0.604. The number of hydrogen-bond acceptors (Lipinski definition) is 3. The van der Waals surface area contributed by atoms with E-state index in [2.05, 4.69) is 11.2 Å². The molecule has 0 aliphatic rings. The highest BCUT2D eigenvalue weighted by molar-refractivity contribution is 5.63. The van der Waals surface area contributed by atoms with Crippen LogP contribution in [-0.4, -0.2) is 9.78 Å². The highest BCUT2D eigenvalue weighted by Gasteiger charge is 2.04. The lowest BCUT2D eigenvalue weighted by molar-refractivity contribution is 0.782. The molecule has 15 heavy (non-hydrogen) atoms. The maximum Gasteiger partial charge on any atom is 0.121 e. The number of anilines is 1. The largest absolute Gasteiger partial charge is 0.384 e. The highest BCUT2D eigenvalue weighted by Crippen LogP contribution is 2.20. The third-order valence-electron chi connectivity index (χ3n) is 2.20. The molecule has 4 heteroatoms. The maximum atomic E-state index is 8.77. The Balaban J connectivity index is 2.50. The van der Waals surface area contributed by atoms with E-state index in [0.717, 1.165) is 11.3 Å². The van der Waals surface area contributed by atoms with Gasteiger partial charge in [0.1, 0.15) is 5.82 Å². The molecule has 1 aromatic carbocycles. The lowest BCUT2D eigenvalue weighted by Gasteiger charge is -1.95. The summed E-state index contributed by atoms with van der Waals surface area (Å²) >= 11 is 0. The molecule has 0 unspecified atom stereocenters. The van der Waals surface area contributed by atoms with Crippen molar-refractivity contribution in [3.63, 3.8) is 0 Å². The van der Waals surface area contributed by atoms with Gasteiger partial charge in [-0.3, -0.25) is 4.68 Å². The van der Waals surface area contributed by atoms with Crippen LogP contribution in [0, 0.1) is 11.3 Å². The molecule has 0 saturated heterocycles. The van der Waals surface area contributed by atoms with Crippen LogP contribution in [0.3, 0.4) is 0 Å². The van der Waals surface area contributed by atoms with Crippen LogP contribution < -0.4 is 5.73 Å². The van der Waals surface area contributed by atoms with Crippen LogP contribution in [0.2, 0.25) is 0 Å². The number of rotatable bonds is 1. The number of nitrogen functional groups attached to an aromatic ring is 1. The molecular formula is C11H10N4. The van der Waals surface area contributed by atoms with E-state index in [1.54, 1.807) is 29.9 Å². The first-order valence-electron chi connectivity index (χ1n) is 4.51. The van der Waals surface area contributed by atoms with E-state index in [1.165, 1.54) is 0 Å². The SMILES string of the molecule is Cn1nc(-c2cccc(C#N)c2)cc1N. The number of nitrogens with two attached hydrogens (primary N) is 1. The van der Waals surface area contributed by atoms with E-state index in [-0.39, 0.29) is 0 Å². The van der Waals surface area contributed by atoms with Gasteiger partial charge in [0.05, 0.1) is 17.3 Å². The molecule has 0 bridgehead atoms. The van der Waals surface area contributed by atoms with Crippen LogP contribution in [0.15, 0.2) is 30.3 Å². The van der Waals surface area contributed by atoms with Crippen LogP contribution >= 0.6 is 0 Å². The molecule has 74 valence electrons. The summed E-state index contributed by atoms with van der Waals surface area (Å²) in [5, 5.41) is 13.0.